The van der Waals surface area contributed by atoms with Crippen molar-refractivity contribution in [2.45, 2.75) is 58.3 Å². The van der Waals surface area contributed by atoms with Crippen LogP contribution in [0.4, 0.5) is 5.69 Å². The summed E-state index contributed by atoms with van der Waals surface area (Å²) in [5, 5.41) is 4.81. The third kappa shape index (κ3) is 4.08. The summed E-state index contributed by atoms with van der Waals surface area (Å²) in [5.41, 5.74) is 4.07. The molecule has 2 fully saturated rings. The van der Waals surface area contributed by atoms with E-state index in [1.807, 2.05) is 29.3 Å². The molecule has 1 amide bonds. The van der Waals surface area contributed by atoms with Crippen molar-refractivity contribution in [3.05, 3.63) is 53.1 Å². The van der Waals surface area contributed by atoms with Crippen LogP contribution >= 0.6 is 0 Å². The van der Waals surface area contributed by atoms with E-state index in [0.29, 0.717) is 18.1 Å². The van der Waals surface area contributed by atoms with Crippen molar-refractivity contribution in [2.24, 2.45) is 0 Å². The highest BCUT2D eigenvalue weighted by Crippen LogP contribution is 2.31. The lowest BCUT2D eigenvalue weighted by Crippen LogP contribution is -2.49. The highest BCUT2D eigenvalue weighted by molar-refractivity contribution is 5.79. The molecule has 1 saturated heterocycles. The lowest BCUT2D eigenvalue weighted by molar-refractivity contribution is -0.130. The first-order valence-electron chi connectivity index (χ1n) is 11.9. The van der Waals surface area contributed by atoms with Crippen LogP contribution in [0.15, 0.2) is 30.3 Å². The van der Waals surface area contributed by atoms with Crippen molar-refractivity contribution in [1.29, 1.82) is 0 Å². The fourth-order valence-electron chi connectivity index (χ4n) is 5.13. The van der Waals surface area contributed by atoms with E-state index in [1.165, 1.54) is 24.9 Å². The number of anilines is 1. The smallest absolute Gasteiger partial charge is 0.252 e. The van der Waals surface area contributed by atoms with Gasteiger partial charge in [0.2, 0.25) is 5.91 Å². The van der Waals surface area contributed by atoms with Crippen LogP contribution in [0.25, 0.3) is 5.78 Å². The Morgan fingerprint density at radius 1 is 0.969 bits per heavy atom. The third-order valence-corrected chi connectivity index (χ3v) is 7.12. The molecule has 1 aromatic carbocycles. The molecule has 3 aromatic rings. The lowest BCUT2D eigenvalue weighted by Gasteiger charge is -2.36. The lowest BCUT2D eigenvalue weighted by atomic mass is 9.89. The summed E-state index contributed by atoms with van der Waals surface area (Å²) < 4.78 is 1.85. The second-order valence-electron chi connectivity index (χ2n) is 9.16. The van der Waals surface area contributed by atoms with Gasteiger partial charge < -0.3 is 9.80 Å². The molecule has 7 nitrogen and oxygen atoms in total. The predicted molar refractivity (Wildman–Crippen MR) is 125 cm³/mol. The second kappa shape index (κ2) is 8.88. The van der Waals surface area contributed by atoms with Crippen LogP contribution in [0.2, 0.25) is 0 Å². The first-order valence-corrected chi connectivity index (χ1v) is 11.9. The Labute approximate surface area is 189 Å². The van der Waals surface area contributed by atoms with Crippen LogP contribution in [-0.4, -0.2) is 56.6 Å². The zero-order chi connectivity index (χ0) is 22.1. The molecule has 0 bridgehead atoms. The maximum absolute atomic E-state index is 13.1. The van der Waals surface area contributed by atoms with Crippen LogP contribution in [0.1, 0.15) is 60.8 Å². The van der Waals surface area contributed by atoms with Crippen LogP contribution in [-0.2, 0) is 11.2 Å². The number of fused-ring (bicyclic) bond motifs is 1. The molecule has 1 saturated carbocycles. The van der Waals surface area contributed by atoms with Crippen LogP contribution in [0.5, 0.6) is 0 Å². The van der Waals surface area contributed by atoms with Gasteiger partial charge in [0.1, 0.15) is 0 Å². The van der Waals surface area contributed by atoms with E-state index in [-0.39, 0.29) is 5.91 Å². The number of benzene rings is 1. The minimum atomic E-state index is 0.165. The fraction of sp³-hybridized carbons (Fsp3) is 0.520. The van der Waals surface area contributed by atoms with Gasteiger partial charge in [-0.25, -0.2) is 9.50 Å². The van der Waals surface area contributed by atoms with Gasteiger partial charge in [0.15, 0.2) is 5.82 Å². The van der Waals surface area contributed by atoms with E-state index in [2.05, 4.69) is 29.2 Å². The van der Waals surface area contributed by atoms with Crippen LogP contribution in [0.3, 0.4) is 0 Å². The van der Waals surface area contributed by atoms with Crippen LogP contribution < -0.4 is 4.90 Å². The molecule has 2 aliphatic rings. The summed E-state index contributed by atoms with van der Waals surface area (Å²) >= 11 is 0. The molecule has 0 radical (unpaired) electrons. The van der Waals surface area contributed by atoms with E-state index in [0.717, 1.165) is 61.8 Å². The number of piperazine rings is 1. The molecule has 0 atom stereocenters. The number of hydrogen-bond acceptors (Lipinski definition) is 5. The zero-order valence-electron chi connectivity index (χ0n) is 19.1. The summed E-state index contributed by atoms with van der Waals surface area (Å²) in [7, 11) is 0. The maximum Gasteiger partial charge on any atom is 0.252 e. The van der Waals surface area contributed by atoms with Crippen molar-refractivity contribution in [2.75, 3.05) is 31.1 Å². The normalized spacial score (nSPS) is 17.8. The highest BCUT2D eigenvalue weighted by atomic mass is 16.2. The van der Waals surface area contributed by atoms with Crippen molar-refractivity contribution in [3.63, 3.8) is 0 Å². The van der Waals surface area contributed by atoms with Gasteiger partial charge in [0, 0.05) is 54.7 Å². The van der Waals surface area contributed by atoms with Gasteiger partial charge in [-0.05, 0) is 38.8 Å². The number of amides is 1. The number of rotatable bonds is 4. The topological polar surface area (TPSA) is 66.6 Å². The van der Waals surface area contributed by atoms with E-state index < -0.39 is 0 Å². The van der Waals surface area contributed by atoms with Gasteiger partial charge in [-0.3, -0.25) is 4.79 Å². The Hall–Kier alpha value is -2.96. The largest absolute Gasteiger partial charge is 0.368 e. The highest BCUT2D eigenvalue weighted by Gasteiger charge is 2.25. The number of aromatic nitrogens is 4. The van der Waals surface area contributed by atoms with Gasteiger partial charge in [0.25, 0.3) is 5.78 Å². The summed E-state index contributed by atoms with van der Waals surface area (Å²) in [5.74, 6) is 2.18. The number of aryl methyl sites for hydroxylation is 2. The molecule has 3 heterocycles. The summed E-state index contributed by atoms with van der Waals surface area (Å²) in [6.45, 7) is 7.24. The molecule has 1 aliphatic heterocycles. The van der Waals surface area contributed by atoms with Gasteiger partial charge in [-0.1, -0.05) is 37.5 Å². The Kier molecular flexibility index (Phi) is 5.81. The van der Waals surface area contributed by atoms with Crippen LogP contribution in [0, 0.1) is 13.8 Å². The van der Waals surface area contributed by atoms with E-state index >= 15 is 0 Å². The third-order valence-electron chi connectivity index (χ3n) is 7.12. The Balaban J connectivity index is 1.30. The molecule has 2 aromatic heterocycles. The monoisotopic (exact) mass is 432 g/mol. The minimum absolute atomic E-state index is 0.165. The van der Waals surface area contributed by atoms with E-state index in [9.17, 15) is 4.79 Å². The molecule has 0 unspecified atom stereocenters. The molecule has 1 aliphatic carbocycles. The molecule has 32 heavy (non-hydrogen) atoms. The van der Waals surface area contributed by atoms with Gasteiger partial charge in [-0.15, -0.1) is 5.10 Å². The van der Waals surface area contributed by atoms with E-state index in [1.54, 1.807) is 0 Å². The first-order chi connectivity index (χ1) is 15.6. The average molecular weight is 433 g/mol. The minimum Gasteiger partial charge on any atom is -0.368 e. The fourth-order valence-corrected chi connectivity index (χ4v) is 5.13. The summed E-state index contributed by atoms with van der Waals surface area (Å²) in [6.07, 6.45) is 6.51. The van der Waals surface area contributed by atoms with Gasteiger partial charge in [0.05, 0.1) is 6.42 Å². The number of carbonyl (C=O) groups excluding carboxylic acids is 1. The number of hydrogen-bond donors (Lipinski definition) is 0. The molecular formula is C25H32N6O. The van der Waals surface area contributed by atoms with E-state index in [4.69, 9.17) is 15.1 Å². The molecule has 0 N–H and O–H groups in total. The molecular weight excluding hydrogens is 400 g/mol. The Bertz CT molecular complexity index is 1090. The Morgan fingerprint density at radius 3 is 2.41 bits per heavy atom. The number of nitrogens with zero attached hydrogens (tertiary/aromatic N) is 6. The number of para-hydroxylation sites is 1. The summed E-state index contributed by atoms with van der Waals surface area (Å²) in [4.78, 5) is 26.9. The molecule has 168 valence electrons. The predicted octanol–water partition coefficient (Wildman–Crippen LogP) is 3.68. The second-order valence-corrected chi connectivity index (χ2v) is 9.16. The number of carbonyl (C=O) groups is 1. The zero-order valence-corrected chi connectivity index (χ0v) is 19.1. The van der Waals surface area contributed by atoms with Crippen molar-refractivity contribution in [3.8, 4) is 0 Å². The SMILES string of the molecule is Cc1nc2nc(C3CCCCC3)nn2c(C)c1CC(=O)N1CCN(c2ccccc2)CC1. The Morgan fingerprint density at radius 2 is 1.69 bits per heavy atom. The molecule has 7 heteroatoms. The summed E-state index contributed by atoms with van der Waals surface area (Å²) in [6, 6.07) is 10.4. The van der Waals surface area contributed by atoms with Gasteiger partial charge >= 0.3 is 0 Å². The van der Waals surface area contributed by atoms with Crippen molar-refractivity contribution < 1.29 is 4.79 Å². The van der Waals surface area contributed by atoms with Gasteiger partial charge in [-0.2, -0.15) is 4.98 Å². The molecule has 5 rings (SSSR count). The van der Waals surface area contributed by atoms with Crippen molar-refractivity contribution in [1.82, 2.24) is 24.5 Å². The quantitative estimate of drug-likeness (QED) is 0.629. The standard InChI is InChI=1S/C25H32N6O/c1-18-22(17-23(32)30-15-13-29(14-16-30)21-11-7-4-8-12-21)19(2)31-25(26-18)27-24(28-31)20-9-5-3-6-10-20/h4,7-8,11-12,20H,3,5-6,9-10,13-17H2,1-2H3. The first kappa shape index (κ1) is 20.9. The maximum atomic E-state index is 13.1. The van der Waals surface area contributed by atoms with Crippen molar-refractivity contribution >= 4 is 17.4 Å². The average Bonchev–Trinajstić information content (AvgIpc) is 3.27. The molecule has 0 spiro atoms.